The van der Waals surface area contributed by atoms with E-state index in [4.69, 9.17) is 0 Å². The maximum absolute atomic E-state index is 11.7. The van der Waals surface area contributed by atoms with Gasteiger partial charge in [-0.15, -0.1) is 0 Å². The van der Waals surface area contributed by atoms with E-state index in [-0.39, 0.29) is 17.7 Å². The van der Waals surface area contributed by atoms with Crippen molar-refractivity contribution in [1.82, 2.24) is 10.4 Å². The Bertz CT molecular complexity index is 232. The summed E-state index contributed by atoms with van der Waals surface area (Å²) < 4.78 is 0. The smallest absolute Gasteiger partial charge is 0.248 e. The quantitative estimate of drug-likeness (QED) is 0.721. The van der Waals surface area contributed by atoms with Crippen LogP contribution in [0.15, 0.2) is 0 Å². The first kappa shape index (κ1) is 13.0. The molecular formula is C11H20N2O3. The molecule has 0 aromatic heterocycles. The van der Waals surface area contributed by atoms with Gasteiger partial charge >= 0.3 is 0 Å². The number of carbonyl (C=O) groups excluding carboxylic acids is 2. The van der Waals surface area contributed by atoms with E-state index in [1.165, 1.54) is 7.11 Å². The summed E-state index contributed by atoms with van der Waals surface area (Å²) in [6.07, 6.45) is 3.13. The third kappa shape index (κ3) is 3.48. The van der Waals surface area contributed by atoms with Gasteiger partial charge in [-0.1, -0.05) is 6.92 Å². The summed E-state index contributed by atoms with van der Waals surface area (Å²) in [7, 11) is 1.42. The monoisotopic (exact) mass is 228 g/mol. The predicted molar refractivity (Wildman–Crippen MR) is 59.4 cm³/mol. The van der Waals surface area contributed by atoms with Crippen LogP contribution < -0.4 is 5.48 Å². The standard InChI is InChI=1S/C11H20N2O3/c1-3-5-10(14)13-7-4-6-9(8-13)11(15)12-16-2/h9H,3-8H2,1-2H3,(H,12,15). The van der Waals surface area contributed by atoms with Crippen LogP contribution in [0.5, 0.6) is 0 Å². The van der Waals surface area contributed by atoms with E-state index in [0.717, 1.165) is 25.8 Å². The van der Waals surface area contributed by atoms with E-state index in [2.05, 4.69) is 10.3 Å². The number of amides is 2. The maximum Gasteiger partial charge on any atom is 0.248 e. The molecule has 0 spiro atoms. The Hall–Kier alpha value is -1.10. The summed E-state index contributed by atoms with van der Waals surface area (Å²) in [4.78, 5) is 29.6. The van der Waals surface area contributed by atoms with Crippen LogP contribution in [-0.4, -0.2) is 36.9 Å². The second-order valence-electron chi connectivity index (χ2n) is 4.10. The van der Waals surface area contributed by atoms with E-state index in [0.29, 0.717) is 13.0 Å². The van der Waals surface area contributed by atoms with Gasteiger partial charge in [-0.05, 0) is 19.3 Å². The van der Waals surface area contributed by atoms with Gasteiger partial charge in [-0.2, -0.15) is 0 Å². The number of hydrogen-bond donors (Lipinski definition) is 1. The van der Waals surface area contributed by atoms with Crippen LogP contribution in [0.4, 0.5) is 0 Å². The number of piperidine rings is 1. The average Bonchev–Trinajstić information content (AvgIpc) is 2.30. The van der Waals surface area contributed by atoms with Crippen LogP contribution in [0.1, 0.15) is 32.6 Å². The van der Waals surface area contributed by atoms with Crippen LogP contribution in [0.25, 0.3) is 0 Å². The number of hydroxylamine groups is 1. The molecule has 0 saturated carbocycles. The second kappa shape index (κ2) is 6.48. The number of carbonyl (C=O) groups is 2. The Morgan fingerprint density at radius 2 is 2.25 bits per heavy atom. The molecule has 0 bridgehead atoms. The zero-order valence-electron chi connectivity index (χ0n) is 9.99. The van der Waals surface area contributed by atoms with Crippen molar-refractivity contribution in [2.24, 2.45) is 5.92 Å². The zero-order valence-corrected chi connectivity index (χ0v) is 9.99. The minimum absolute atomic E-state index is 0.128. The van der Waals surface area contributed by atoms with E-state index in [9.17, 15) is 9.59 Å². The topological polar surface area (TPSA) is 58.6 Å². The van der Waals surface area contributed by atoms with Gasteiger partial charge in [0.2, 0.25) is 11.8 Å². The summed E-state index contributed by atoms with van der Waals surface area (Å²) >= 11 is 0. The molecule has 5 heteroatoms. The highest BCUT2D eigenvalue weighted by molar-refractivity contribution is 5.80. The van der Waals surface area contributed by atoms with Gasteiger partial charge in [0.25, 0.3) is 0 Å². The Labute approximate surface area is 96.1 Å². The first-order valence-electron chi connectivity index (χ1n) is 5.79. The van der Waals surface area contributed by atoms with Gasteiger partial charge in [0.1, 0.15) is 0 Å². The minimum atomic E-state index is -0.130. The van der Waals surface area contributed by atoms with Gasteiger partial charge in [0.05, 0.1) is 13.0 Å². The van der Waals surface area contributed by atoms with Crippen LogP contribution >= 0.6 is 0 Å². The Kier molecular flexibility index (Phi) is 5.25. The van der Waals surface area contributed by atoms with E-state index < -0.39 is 0 Å². The highest BCUT2D eigenvalue weighted by Gasteiger charge is 2.27. The van der Waals surface area contributed by atoms with Crippen molar-refractivity contribution in [2.45, 2.75) is 32.6 Å². The lowest BCUT2D eigenvalue weighted by Crippen LogP contribution is -2.45. The summed E-state index contributed by atoms with van der Waals surface area (Å²) in [5.74, 6) is -0.108. The molecule has 1 heterocycles. The van der Waals surface area contributed by atoms with Crippen LogP contribution in [-0.2, 0) is 14.4 Å². The number of nitrogens with zero attached hydrogens (tertiary/aromatic N) is 1. The summed E-state index contributed by atoms with van der Waals surface area (Å²) in [5.41, 5.74) is 2.33. The zero-order chi connectivity index (χ0) is 12.0. The largest absolute Gasteiger partial charge is 0.342 e. The lowest BCUT2D eigenvalue weighted by molar-refractivity contribution is -0.140. The SMILES string of the molecule is CCCC(=O)N1CCCC(C(=O)NOC)C1. The lowest BCUT2D eigenvalue weighted by atomic mass is 9.97. The van der Waals surface area contributed by atoms with Gasteiger partial charge in [-0.25, -0.2) is 5.48 Å². The molecule has 0 radical (unpaired) electrons. The normalized spacial score (nSPS) is 20.6. The third-order valence-electron chi connectivity index (χ3n) is 2.81. The van der Waals surface area contributed by atoms with Crippen molar-refractivity contribution in [1.29, 1.82) is 0 Å². The van der Waals surface area contributed by atoms with Gasteiger partial charge < -0.3 is 4.90 Å². The summed E-state index contributed by atoms with van der Waals surface area (Å²) in [5, 5.41) is 0. The molecule has 92 valence electrons. The molecule has 5 nitrogen and oxygen atoms in total. The van der Waals surface area contributed by atoms with E-state index >= 15 is 0 Å². The fourth-order valence-electron chi connectivity index (χ4n) is 1.97. The van der Waals surface area contributed by atoms with Crippen LogP contribution in [0, 0.1) is 5.92 Å². The van der Waals surface area contributed by atoms with E-state index in [1.807, 2.05) is 6.92 Å². The molecule has 1 aliphatic rings. The molecule has 0 aliphatic carbocycles. The lowest BCUT2D eigenvalue weighted by Gasteiger charge is -2.31. The van der Waals surface area contributed by atoms with Crippen molar-refractivity contribution >= 4 is 11.8 Å². The molecule has 1 saturated heterocycles. The van der Waals surface area contributed by atoms with Gasteiger partial charge in [-0.3, -0.25) is 14.4 Å². The Morgan fingerprint density at radius 3 is 2.88 bits per heavy atom. The van der Waals surface area contributed by atoms with Gasteiger partial charge in [0.15, 0.2) is 0 Å². The number of hydrogen-bond acceptors (Lipinski definition) is 3. The Morgan fingerprint density at radius 1 is 1.50 bits per heavy atom. The third-order valence-corrected chi connectivity index (χ3v) is 2.81. The van der Waals surface area contributed by atoms with Crippen LogP contribution in [0.2, 0.25) is 0 Å². The number of likely N-dealkylation sites (tertiary alicyclic amines) is 1. The van der Waals surface area contributed by atoms with Crippen molar-refractivity contribution in [3.8, 4) is 0 Å². The molecule has 0 aromatic carbocycles. The first-order valence-corrected chi connectivity index (χ1v) is 5.79. The van der Waals surface area contributed by atoms with Crippen molar-refractivity contribution < 1.29 is 14.4 Å². The van der Waals surface area contributed by atoms with Crippen molar-refractivity contribution in [2.75, 3.05) is 20.2 Å². The van der Waals surface area contributed by atoms with Crippen LogP contribution in [0.3, 0.4) is 0 Å². The average molecular weight is 228 g/mol. The fourth-order valence-corrected chi connectivity index (χ4v) is 1.97. The minimum Gasteiger partial charge on any atom is -0.342 e. The second-order valence-corrected chi connectivity index (χ2v) is 4.10. The number of rotatable bonds is 4. The molecular weight excluding hydrogens is 208 g/mol. The molecule has 1 N–H and O–H groups in total. The van der Waals surface area contributed by atoms with Crippen molar-refractivity contribution in [3.05, 3.63) is 0 Å². The van der Waals surface area contributed by atoms with E-state index in [1.54, 1.807) is 4.90 Å². The molecule has 1 atom stereocenters. The summed E-state index contributed by atoms with van der Waals surface area (Å²) in [6, 6.07) is 0. The van der Waals surface area contributed by atoms with Gasteiger partial charge in [0, 0.05) is 19.5 Å². The molecule has 0 aromatic rings. The summed E-state index contributed by atoms with van der Waals surface area (Å²) in [6.45, 7) is 3.28. The fraction of sp³-hybridized carbons (Fsp3) is 0.818. The Balaban J connectivity index is 2.46. The highest BCUT2D eigenvalue weighted by atomic mass is 16.6. The number of nitrogens with one attached hydrogen (secondary N) is 1. The van der Waals surface area contributed by atoms with Crippen molar-refractivity contribution in [3.63, 3.8) is 0 Å². The molecule has 1 unspecified atom stereocenters. The molecule has 1 fully saturated rings. The molecule has 1 aliphatic heterocycles. The first-order chi connectivity index (χ1) is 7.69. The molecule has 2 amide bonds. The molecule has 1 rings (SSSR count). The molecule has 16 heavy (non-hydrogen) atoms. The predicted octanol–water partition coefficient (Wildman–Crippen LogP) is 0.703. The highest BCUT2D eigenvalue weighted by Crippen LogP contribution is 2.17. The maximum atomic E-state index is 11.7.